The first-order valence-corrected chi connectivity index (χ1v) is 6.43. The summed E-state index contributed by atoms with van der Waals surface area (Å²) < 4.78 is 0. The van der Waals surface area contributed by atoms with Gasteiger partial charge in [-0.15, -0.1) is 11.3 Å². The third-order valence-electron chi connectivity index (χ3n) is 2.78. The van der Waals surface area contributed by atoms with E-state index in [0.29, 0.717) is 6.04 Å². The molecule has 1 aromatic rings. The van der Waals surface area contributed by atoms with Crippen molar-refractivity contribution in [2.24, 2.45) is 0 Å². The molecule has 1 heterocycles. The molecule has 0 aliphatic rings. The fraction of sp³-hybridized carbons (Fsp3) is 0.538. The summed E-state index contributed by atoms with van der Waals surface area (Å²) in [5.74, 6) is 5.69. The van der Waals surface area contributed by atoms with Crippen LogP contribution in [0.2, 0.25) is 0 Å². The lowest BCUT2D eigenvalue weighted by Gasteiger charge is -2.22. The lowest BCUT2D eigenvalue weighted by molar-refractivity contribution is 0.246. The van der Waals surface area contributed by atoms with Crippen molar-refractivity contribution in [1.82, 2.24) is 4.90 Å². The van der Waals surface area contributed by atoms with Crippen LogP contribution in [0, 0.1) is 11.8 Å². The summed E-state index contributed by atoms with van der Waals surface area (Å²) in [5.41, 5.74) is 1.05. The van der Waals surface area contributed by atoms with E-state index in [-0.39, 0.29) is 6.61 Å². The van der Waals surface area contributed by atoms with Crippen LogP contribution < -0.4 is 0 Å². The number of thiophene rings is 1. The Labute approximate surface area is 102 Å². The monoisotopic (exact) mass is 237 g/mol. The highest BCUT2D eigenvalue weighted by Crippen LogP contribution is 2.19. The molecule has 1 aromatic heterocycles. The molecule has 0 aliphatic heterocycles. The fourth-order valence-corrected chi connectivity index (χ4v) is 2.30. The van der Waals surface area contributed by atoms with Crippen molar-refractivity contribution in [2.45, 2.75) is 32.9 Å². The molecule has 1 unspecified atom stereocenters. The molecule has 0 saturated heterocycles. The van der Waals surface area contributed by atoms with E-state index in [0.717, 1.165) is 18.5 Å². The van der Waals surface area contributed by atoms with Crippen molar-refractivity contribution in [3.63, 3.8) is 0 Å². The summed E-state index contributed by atoms with van der Waals surface area (Å²) in [6.07, 6.45) is 1.15. The van der Waals surface area contributed by atoms with Gasteiger partial charge in [0.25, 0.3) is 0 Å². The molecule has 0 aliphatic carbocycles. The van der Waals surface area contributed by atoms with E-state index in [1.165, 1.54) is 4.88 Å². The molecule has 3 heteroatoms. The number of aliphatic hydroxyl groups excluding tert-OH is 1. The Hall–Kier alpha value is -0.820. The van der Waals surface area contributed by atoms with Gasteiger partial charge in [-0.1, -0.05) is 18.8 Å². The quantitative estimate of drug-likeness (QED) is 0.812. The molecular weight excluding hydrogens is 218 g/mol. The standard InChI is InChI=1S/C13H19NOS/c1-4-11(2)14(3)10-13-12(6-5-8-15)7-9-16-13/h7,9,11,15H,4,8,10H2,1-3H3. The molecule has 0 bridgehead atoms. The molecule has 0 aromatic carbocycles. The van der Waals surface area contributed by atoms with E-state index < -0.39 is 0 Å². The van der Waals surface area contributed by atoms with Crippen LogP contribution in [-0.2, 0) is 6.54 Å². The minimum atomic E-state index is -0.0729. The fourth-order valence-electron chi connectivity index (χ4n) is 1.40. The maximum absolute atomic E-state index is 8.68. The second kappa shape index (κ2) is 6.70. The first-order valence-electron chi connectivity index (χ1n) is 5.55. The average molecular weight is 237 g/mol. The van der Waals surface area contributed by atoms with Crippen LogP contribution in [0.4, 0.5) is 0 Å². The van der Waals surface area contributed by atoms with Crippen molar-refractivity contribution >= 4 is 11.3 Å². The largest absolute Gasteiger partial charge is 0.384 e. The maximum atomic E-state index is 8.68. The molecule has 0 fully saturated rings. The van der Waals surface area contributed by atoms with Crippen molar-refractivity contribution in [3.8, 4) is 11.8 Å². The van der Waals surface area contributed by atoms with Crippen molar-refractivity contribution in [2.75, 3.05) is 13.7 Å². The Morgan fingerprint density at radius 2 is 2.31 bits per heavy atom. The van der Waals surface area contributed by atoms with Crippen LogP contribution in [0.25, 0.3) is 0 Å². The zero-order valence-corrected chi connectivity index (χ0v) is 11.0. The summed E-state index contributed by atoms with van der Waals surface area (Å²) in [4.78, 5) is 3.61. The van der Waals surface area contributed by atoms with E-state index in [1.807, 2.05) is 6.07 Å². The average Bonchev–Trinajstić information content (AvgIpc) is 2.72. The second-order valence-electron chi connectivity index (χ2n) is 3.89. The van der Waals surface area contributed by atoms with E-state index in [1.54, 1.807) is 11.3 Å². The zero-order chi connectivity index (χ0) is 12.0. The molecule has 16 heavy (non-hydrogen) atoms. The third-order valence-corrected chi connectivity index (χ3v) is 3.69. The number of rotatable bonds is 4. The Bertz CT molecular complexity index is 375. The highest BCUT2D eigenvalue weighted by molar-refractivity contribution is 7.10. The highest BCUT2D eigenvalue weighted by atomic mass is 32.1. The van der Waals surface area contributed by atoms with Gasteiger partial charge in [-0.2, -0.15) is 0 Å². The van der Waals surface area contributed by atoms with Crippen LogP contribution in [0.5, 0.6) is 0 Å². The first-order chi connectivity index (χ1) is 7.69. The van der Waals surface area contributed by atoms with Gasteiger partial charge in [0.1, 0.15) is 6.61 Å². The Morgan fingerprint density at radius 1 is 1.56 bits per heavy atom. The summed E-state index contributed by atoms with van der Waals surface area (Å²) in [6.45, 7) is 5.29. The summed E-state index contributed by atoms with van der Waals surface area (Å²) >= 11 is 1.73. The van der Waals surface area contributed by atoms with Gasteiger partial charge in [0.15, 0.2) is 0 Å². The van der Waals surface area contributed by atoms with Gasteiger partial charge in [-0.05, 0) is 31.8 Å². The summed E-state index contributed by atoms with van der Waals surface area (Å²) in [5, 5.41) is 10.7. The van der Waals surface area contributed by atoms with Gasteiger partial charge < -0.3 is 5.11 Å². The van der Waals surface area contributed by atoms with E-state index >= 15 is 0 Å². The topological polar surface area (TPSA) is 23.5 Å². The van der Waals surface area contributed by atoms with Crippen LogP contribution in [-0.4, -0.2) is 29.7 Å². The number of hydrogen-bond donors (Lipinski definition) is 1. The van der Waals surface area contributed by atoms with Gasteiger partial charge in [0, 0.05) is 23.0 Å². The Balaban J connectivity index is 2.70. The molecule has 1 rings (SSSR count). The van der Waals surface area contributed by atoms with E-state index in [4.69, 9.17) is 5.11 Å². The smallest absolute Gasteiger partial charge is 0.104 e. The molecule has 0 radical (unpaired) electrons. The van der Waals surface area contributed by atoms with Crippen LogP contribution in [0.15, 0.2) is 11.4 Å². The molecule has 0 amide bonds. The van der Waals surface area contributed by atoms with Crippen molar-refractivity contribution in [3.05, 3.63) is 21.9 Å². The number of aliphatic hydroxyl groups is 1. The van der Waals surface area contributed by atoms with Crippen LogP contribution in [0.3, 0.4) is 0 Å². The van der Waals surface area contributed by atoms with Gasteiger partial charge in [0.2, 0.25) is 0 Å². The lowest BCUT2D eigenvalue weighted by atomic mass is 10.2. The van der Waals surface area contributed by atoms with Gasteiger partial charge >= 0.3 is 0 Å². The number of hydrogen-bond acceptors (Lipinski definition) is 3. The van der Waals surface area contributed by atoms with Gasteiger partial charge in [-0.3, -0.25) is 4.90 Å². The van der Waals surface area contributed by atoms with Crippen molar-refractivity contribution < 1.29 is 5.11 Å². The predicted molar refractivity (Wildman–Crippen MR) is 69.5 cm³/mol. The van der Waals surface area contributed by atoms with Gasteiger partial charge in [0.05, 0.1) is 0 Å². The molecule has 0 saturated carbocycles. The first kappa shape index (κ1) is 13.2. The zero-order valence-electron chi connectivity index (χ0n) is 10.2. The molecule has 1 N–H and O–H groups in total. The van der Waals surface area contributed by atoms with Crippen LogP contribution in [0.1, 0.15) is 30.7 Å². The number of nitrogens with zero attached hydrogens (tertiary/aromatic N) is 1. The summed E-state index contributed by atoms with van der Waals surface area (Å²) in [6, 6.07) is 2.60. The van der Waals surface area contributed by atoms with Crippen LogP contribution >= 0.6 is 11.3 Å². The van der Waals surface area contributed by atoms with Crippen molar-refractivity contribution in [1.29, 1.82) is 0 Å². The molecule has 2 nitrogen and oxygen atoms in total. The van der Waals surface area contributed by atoms with Gasteiger partial charge in [-0.25, -0.2) is 0 Å². The minimum absolute atomic E-state index is 0.0729. The predicted octanol–water partition coefficient (Wildman–Crippen LogP) is 2.32. The SMILES string of the molecule is CCC(C)N(C)Cc1sccc1C#CCO. The molecular formula is C13H19NOS. The minimum Gasteiger partial charge on any atom is -0.384 e. The van der Waals surface area contributed by atoms with E-state index in [9.17, 15) is 0 Å². The molecule has 0 spiro atoms. The normalized spacial score (nSPS) is 12.3. The lowest BCUT2D eigenvalue weighted by Crippen LogP contribution is -2.27. The second-order valence-corrected chi connectivity index (χ2v) is 4.89. The third kappa shape index (κ3) is 3.64. The molecule has 1 atom stereocenters. The van der Waals surface area contributed by atoms with E-state index in [2.05, 4.69) is 43.0 Å². The molecule has 88 valence electrons. The maximum Gasteiger partial charge on any atom is 0.104 e. The Morgan fingerprint density at radius 3 is 2.94 bits per heavy atom. The summed E-state index contributed by atoms with van der Waals surface area (Å²) in [7, 11) is 2.14. The highest BCUT2D eigenvalue weighted by Gasteiger charge is 2.10. The Kier molecular flexibility index (Phi) is 5.54.